The molecule has 0 N–H and O–H groups in total. The Morgan fingerprint density at radius 1 is 0.833 bits per heavy atom. The van der Waals surface area contributed by atoms with Crippen molar-refractivity contribution in [3.63, 3.8) is 0 Å². The fourth-order valence-corrected chi connectivity index (χ4v) is 5.16. The van der Waals surface area contributed by atoms with E-state index in [9.17, 15) is 4.79 Å². The lowest BCUT2D eigenvalue weighted by atomic mass is 10.1. The number of aromatic nitrogens is 2. The quantitative estimate of drug-likeness (QED) is 0.171. The molecule has 5 aromatic rings. The number of carbonyl (C=O) groups excluding carboxylic acids is 1. The molecule has 0 radical (unpaired) electrons. The molecule has 0 amide bonds. The summed E-state index contributed by atoms with van der Waals surface area (Å²) in [6.45, 7) is 8.26. The first kappa shape index (κ1) is 23.9. The summed E-state index contributed by atoms with van der Waals surface area (Å²) in [5.74, 6) is 1.02. The van der Waals surface area contributed by atoms with Gasteiger partial charge >= 0.3 is 0 Å². The zero-order valence-electron chi connectivity index (χ0n) is 20.9. The molecule has 0 saturated carbocycles. The molecule has 0 saturated heterocycles. The predicted molar refractivity (Wildman–Crippen MR) is 147 cm³/mol. The topological polar surface area (TPSA) is 48.0 Å². The van der Waals surface area contributed by atoms with Crippen molar-refractivity contribution in [3.05, 3.63) is 113 Å². The molecule has 0 aliphatic carbocycles. The average molecular weight is 493 g/mol. The van der Waals surface area contributed by atoms with Gasteiger partial charge < -0.3 is 8.98 Å². The van der Waals surface area contributed by atoms with Gasteiger partial charge in [0.1, 0.15) is 5.69 Å². The number of thioether (sulfide) groups is 1. The van der Waals surface area contributed by atoms with Gasteiger partial charge in [-0.2, -0.15) is 0 Å². The van der Waals surface area contributed by atoms with Crippen LogP contribution >= 0.6 is 11.8 Å². The highest BCUT2D eigenvalue weighted by Crippen LogP contribution is 2.36. The van der Waals surface area contributed by atoms with E-state index in [0.717, 1.165) is 39.5 Å². The summed E-state index contributed by atoms with van der Waals surface area (Å²) in [5, 5.41) is 0.490. The fraction of sp³-hybridized carbons (Fsp3) is 0.161. The van der Waals surface area contributed by atoms with E-state index in [0.29, 0.717) is 11.0 Å². The van der Waals surface area contributed by atoms with Crippen LogP contribution in [0.1, 0.15) is 32.9 Å². The van der Waals surface area contributed by atoms with E-state index in [1.165, 1.54) is 22.9 Å². The van der Waals surface area contributed by atoms with Crippen LogP contribution in [0.4, 0.5) is 0 Å². The van der Waals surface area contributed by atoms with Gasteiger partial charge in [-0.3, -0.25) is 4.79 Å². The number of hydrogen-bond donors (Lipinski definition) is 0. The van der Waals surface area contributed by atoms with E-state index in [-0.39, 0.29) is 11.5 Å². The number of ketones is 1. The van der Waals surface area contributed by atoms with Gasteiger partial charge in [-0.1, -0.05) is 78.5 Å². The van der Waals surface area contributed by atoms with Crippen LogP contribution in [0.3, 0.4) is 0 Å². The first-order valence-corrected chi connectivity index (χ1v) is 12.9. The van der Waals surface area contributed by atoms with E-state index in [2.05, 4.69) is 36.6 Å². The monoisotopic (exact) mass is 492 g/mol. The van der Waals surface area contributed by atoms with Crippen LogP contribution in [-0.4, -0.2) is 21.1 Å². The minimum Gasteiger partial charge on any atom is -0.431 e. The van der Waals surface area contributed by atoms with Gasteiger partial charge in [0.25, 0.3) is 5.22 Å². The van der Waals surface area contributed by atoms with Crippen LogP contribution in [0, 0.1) is 27.7 Å². The summed E-state index contributed by atoms with van der Waals surface area (Å²) in [7, 11) is 0. The predicted octanol–water partition coefficient (Wildman–Crippen LogP) is 8.01. The lowest BCUT2D eigenvalue weighted by molar-refractivity contribution is 0.102. The number of nitrogens with zero attached hydrogens (tertiary/aromatic N) is 2. The maximum absolute atomic E-state index is 13.3. The van der Waals surface area contributed by atoms with Crippen molar-refractivity contribution in [1.29, 1.82) is 0 Å². The van der Waals surface area contributed by atoms with Gasteiger partial charge in [-0.15, -0.1) is 0 Å². The molecule has 0 aliphatic heterocycles. The highest BCUT2D eigenvalue weighted by Gasteiger charge is 2.21. The largest absolute Gasteiger partial charge is 0.431 e. The molecule has 3 aromatic carbocycles. The highest BCUT2D eigenvalue weighted by atomic mass is 32.2. The van der Waals surface area contributed by atoms with Crippen LogP contribution in [0.25, 0.3) is 28.3 Å². The van der Waals surface area contributed by atoms with Gasteiger partial charge in [0, 0.05) is 33.8 Å². The van der Waals surface area contributed by atoms with Crippen LogP contribution in [0.15, 0.2) is 94.6 Å². The van der Waals surface area contributed by atoms with Gasteiger partial charge in [-0.25, -0.2) is 4.98 Å². The van der Waals surface area contributed by atoms with Crippen LogP contribution in [-0.2, 0) is 0 Å². The fourth-order valence-electron chi connectivity index (χ4n) is 4.45. The van der Waals surface area contributed by atoms with Crippen LogP contribution in [0.2, 0.25) is 0 Å². The lowest BCUT2D eigenvalue weighted by Crippen LogP contribution is -2.06. The third-order valence-corrected chi connectivity index (χ3v) is 7.33. The summed E-state index contributed by atoms with van der Waals surface area (Å²) in [6.07, 6.45) is 0. The zero-order chi connectivity index (χ0) is 25.2. The third kappa shape index (κ3) is 4.67. The number of Topliss-reactive ketones (excluding diaryl/α,β-unsaturated/α-hetero) is 1. The van der Waals surface area contributed by atoms with Crippen molar-refractivity contribution in [2.24, 2.45) is 0 Å². The van der Waals surface area contributed by atoms with Crippen molar-refractivity contribution in [2.75, 3.05) is 5.75 Å². The summed E-state index contributed by atoms with van der Waals surface area (Å²) >= 11 is 1.34. The zero-order valence-corrected chi connectivity index (χ0v) is 21.7. The Kier molecular flexibility index (Phi) is 6.66. The standard InChI is InChI=1S/C31H28N2O2S/c1-20-15-16-26(17-21(20)2)33-22(3)18-27(23(33)4)28(34)19-36-31-32-29(24-11-7-5-8-12-24)30(35-31)25-13-9-6-10-14-25/h5-18H,19H2,1-4H3. The molecule has 180 valence electrons. The van der Waals surface area contributed by atoms with Gasteiger partial charge in [0.2, 0.25) is 0 Å². The maximum atomic E-state index is 13.3. The van der Waals surface area contributed by atoms with E-state index >= 15 is 0 Å². The Morgan fingerprint density at radius 2 is 1.50 bits per heavy atom. The molecule has 0 unspecified atom stereocenters. The lowest BCUT2D eigenvalue weighted by Gasteiger charge is -2.12. The van der Waals surface area contributed by atoms with Gasteiger partial charge in [0.05, 0.1) is 5.75 Å². The molecule has 4 nitrogen and oxygen atoms in total. The molecular formula is C31H28N2O2S. The second-order valence-corrected chi connectivity index (χ2v) is 9.92. The smallest absolute Gasteiger partial charge is 0.257 e. The summed E-state index contributed by atoms with van der Waals surface area (Å²) in [5.41, 5.74) is 9.00. The molecule has 5 heteroatoms. The Bertz CT molecular complexity index is 1480. The summed E-state index contributed by atoms with van der Waals surface area (Å²) in [4.78, 5) is 18.1. The van der Waals surface area contributed by atoms with Gasteiger partial charge in [0.15, 0.2) is 11.5 Å². The number of rotatable bonds is 7. The second kappa shape index (κ2) is 10.0. The molecule has 0 spiro atoms. The Morgan fingerprint density at radius 3 is 2.17 bits per heavy atom. The Labute approximate surface area is 216 Å². The van der Waals surface area contributed by atoms with Crippen LogP contribution < -0.4 is 0 Å². The van der Waals surface area contributed by atoms with Crippen molar-refractivity contribution < 1.29 is 9.21 Å². The number of benzene rings is 3. The molecule has 2 heterocycles. The van der Waals surface area contributed by atoms with Crippen molar-refractivity contribution in [2.45, 2.75) is 32.9 Å². The van der Waals surface area contributed by atoms with Crippen molar-refractivity contribution >= 4 is 17.5 Å². The minimum absolute atomic E-state index is 0.0592. The number of aryl methyl sites for hydroxylation is 3. The molecule has 36 heavy (non-hydrogen) atoms. The number of oxazole rings is 1. The Balaban J connectivity index is 1.41. The molecule has 0 atom stereocenters. The van der Waals surface area contributed by atoms with Gasteiger partial charge in [-0.05, 0) is 57.0 Å². The van der Waals surface area contributed by atoms with Crippen LogP contribution in [0.5, 0.6) is 0 Å². The second-order valence-electron chi connectivity index (χ2n) is 8.99. The molecular weight excluding hydrogens is 464 g/mol. The van der Waals surface area contributed by atoms with E-state index in [1.807, 2.05) is 80.6 Å². The molecule has 0 aliphatic rings. The average Bonchev–Trinajstić information content (AvgIpc) is 3.46. The molecule has 2 aromatic heterocycles. The SMILES string of the molecule is Cc1ccc(-n2c(C)cc(C(=O)CSc3nc(-c4ccccc4)c(-c4ccccc4)o3)c2C)cc1C. The Hall–Kier alpha value is -3.83. The maximum Gasteiger partial charge on any atom is 0.257 e. The first-order chi connectivity index (χ1) is 17.4. The summed E-state index contributed by atoms with van der Waals surface area (Å²) < 4.78 is 8.34. The third-order valence-electron chi connectivity index (χ3n) is 6.50. The minimum atomic E-state index is 0.0592. The normalized spacial score (nSPS) is 11.1. The first-order valence-electron chi connectivity index (χ1n) is 12.0. The molecule has 0 fully saturated rings. The number of hydrogen-bond acceptors (Lipinski definition) is 4. The van der Waals surface area contributed by atoms with E-state index in [1.54, 1.807) is 0 Å². The van der Waals surface area contributed by atoms with Crippen molar-refractivity contribution in [3.8, 4) is 28.3 Å². The highest BCUT2D eigenvalue weighted by molar-refractivity contribution is 7.99. The van der Waals surface area contributed by atoms with Crippen molar-refractivity contribution in [1.82, 2.24) is 9.55 Å². The number of carbonyl (C=O) groups is 1. The van der Waals surface area contributed by atoms with E-state index < -0.39 is 0 Å². The molecule has 0 bridgehead atoms. The summed E-state index contributed by atoms with van der Waals surface area (Å²) in [6, 6.07) is 28.3. The van der Waals surface area contributed by atoms with E-state index in [4.69, 9.17) is 9.40 Å². The molecule has 5 rings (SSSR count).